The lowest BCUT2D eigenvalue weighted by atomic mass is 10.1. The summed E-state index contributed by atoms with van der Waals surface area (Å²) in [5.41, 5.74) is 0.785. The highest BCUT2D eigenvalue weighted by molar-refractivity contribution is 5.82. The molecule has 0 aliphatic heterocycles. The zero-order chi connectivity index (χ0) is 15.3. The van der Waals surface area contributed by atoms with Gasteiger partial charge in [-0.2, -0.15) is 0 Å². The highest BCUT2D eigenvalue weighted by Crippen LogP contribution is 2.29. The first-order valence-electron chi connectivity index (χ1n) is 6.87. The fourth-order valence-corrected chi connectivity index (χ4v) is 2.09. The molecular formula is C15H23FN2O2. The summed E-state index contributed by atoms with van der Waals surface area (Å²) in [4.78, 5) is 13.5. The second kappa shape index (κ2) is 7.24. The van der Waals surface area contributed by atoms with Crippen LogP contribution in [-0.4, -0.2) is 30.1 Å². The molecule has 20 heavy (non-hydrogen) atoms. The maximum absolute atomic E-state index is 14.1. The van der Waals surface area contributed by atoms with E-state index in [9.17, 15) is 14.3 Å². The molecule has 0 saturated carbocycles. The van der Waals surface area contributed by atoms with Crippen molar-refractivity contribution in [2.24, 2.45) is 0 Å². The minimum absolute atomic E-state index is 0.0399. The number of nitrogens with one attached hydrogen (secondary N) is 1. The van der Waals surface area contributed by atoms with Crippen LogP contribution in [0.15, 0.2) is 18.2 Å². The molecule has 1 amide bonds. The first kappa shape index (κ1) is 16.4. The fourth-order valence-electron chi connectivity index (χ4n) is 2.09. The van der Waals surface area contributed by atoms with Crippen molar-refractivity contribution in [2.75, 3.05) is 18.0 Å². The van der Waals surface area contributed by atoms with Gasteiger partial charge < -0.3 is 15.3 Å². The van der Waals surface area contributed by atoms with E-state index in [0.717, 1.165) is 0 Å². The van der Waals surface area contributed by atoms with Crippen LogP contribution in [-0.2, 0) is 4.79 Å². The van der Waals surface area contributed by atoms with Crippen molar-refractivity contribution in [2.45, 2.75) is 39.8 Å². The minimum atomic E-state index is -0.789. The number of hydrogen-bond donors (Lipinski definition) is 2. The molecule has 1 aromatic carbocycles. The Balaban J connectivity index is 3.03. The summed E-state index contributed by atoms with van der Waals surface area (Å²) >= 11 is 0. The van der Waals surface area contributed by atoms with E-state index in [1.54, 1.807) is 24.0 Å². The highest BCUT2D eigenvalue weighted by atomic mass is 19.1. The number of carbonyl (C=O) groups is 1. The van der Waals surface area contributed by atoms with E-state index < -0.39 is 11.9 Å². The number of rotatable bonds is 6. The van der Waals surface area contributed by atoms with Crippen molar-refractivity contribution in [1.82, 2.24) is 5.32 Å². The van der Waals surface area contributed by atoms with E-state index in [4.69, 9.17) is 0 Å². The molecule has 5 heteroatoms. The first-order chi connectivity index (χ1) is 9.36. The van der Waals surface area contributed by atoms with Crippen LogP contribution in [0.1, 0.15) is 39.4 Å². The molecule has 1 aromatic rings. The van der Waals surface area contributed by atoms with E-state index in [-0.39, 0.29) is 18.5 Å². The van der Waals surface area contributed by atoms with Crippen molar-refractivity contribution in [3.63, 3.8) is 0 Å². The monoisotopic (exact) mass is 282 g/mol. The Labute approximate surface area is 119 Å². The number of anilines is 1. The fraction of sp³-hybridized carbons (Fsp3) is 0.533. The van der Waals surface area contributed by atoms with Crippen molar-refractivity contribution in [3.8, 4) is 0 Å². The van der Waals surface area contributed by atoms with E-state index in [1.807, 2.05) is 20.8 Å². The SMILES string of the molecule is CCN(CC(=O)NC(C)C)c1c(F)cccc1C(C)O. The van der Waals surface area contributed by atoms with Gasteiger partial charge in [-0.15, -0.1) is 0 Å². The molecule has 0 aromatic heterocycles. The third-order valence-corrected chi connectivity index (χ3v) is 2.95. The van der Waals surface area contributed by atoms with Gasteiger partial charge in [-0.25, -0.2) is 4.39 Å². The van der Waals surface area contributed by atoms with Crippen molar-refractivity contribution < 1.29 is 14.3 Å². The smallest absolute Gasteiger partial charge is 0.239 e. The molecular weight excluding hydrogens is 259 g/mol. The third-order valence-electron chi connectivity index (χ3n) is 2.95. The summed E-state index contributed by atoms with van der Waals surface area (Å²) in [7, 11) is 0. The Morgan fingerprint density at radius 2 is 2.05 bits per heavy atom. The van der Waals surface area contributed by atoms with E-state index >= 15 is 0 Å². The minimum Gasteiger partial charge on any atom is -0.389 e. The van der Waals surface area contributed by atoms with E-state index in [2.05, 4.69) is 5.32 Å². The van der Waals surface area contributed by atoms with Gasteiger partial charge >= 0.3 is 0 Å². The van der Waals surface area contributed by atoms with Crippen LogP contribution in [0.25, 0.3) is 0 Å². The number of halogens is 1. The molecule has 0 radical (unpaired) electrons. The second-order valence-electron chi connectivity index (χ2n) is 5.09. The van der Waals surface area contributed by atoms with Crippen LogP contribution in [0.4, 0.5) is 10.1 Å². The number of hydrogen-bond acceptors (Lipinski definition) is 3. The summed E-state index contributed by atoms with van der Waals surface area (Å²) in [6.45, 7) is 7.72. The summed E-state index contributed by atoms with van der Waals surface area (Å²) < 4.78 is 14.1. The molecule has 2 N–H and O–H groups in total. The van der Waals surface area contributed by atoms with Gasteiger partial charge in [0.25, 0.3) is 0 Å². The normalized spacial score (nSPS) is 12.3. The molecule has 0 aliphatic carbocycles. The van der Waals surface area contributed by atoms with Gasteiger partial charge in [0.05, 0.1) is 18.3 Å². The van der Waals surface area contributed by atoms with Crippen LogP contribution in [0.5, 0.6) is 0 Å². The lowest BCUT2D eigenvalue weighted by molar-refractivity contribution is -0.120. The molecule has 0 fully saturated rings. The van der Waals surface area contributed by atoms with Crippen molar-refractivity contribution in [3.05, 3.63) is 29.6 Å². The lowest BCUT2D eigenvalue weighted by Crippen LogP contribution is -2.40. The number of para-hydroxylation sites is 1. The average Bonchev–Trinajstić information content (AvgIpc) is 2.35. The van der Waals surface area contributed by atoms with Crippen LogP contribution >= 0.6 is 0 Å². The Morgan fingerprint density at radius 3 is 2.55 bits per heavy atom. The van der Waals surface area contributed by atoms with Gasteiger partial charge in [-0.1, -0.05) is 12.1 Å². The number of likely N-dealkylation sites (N-methyl/N-ethyl adjacent to an activating group) is 1. The Bertz CT molecular complexity index is 461. The van der Waals surface area contributed by atoms with Gasteiger partial charge in [0, 0.05) is 18.2 Å². The van der Waals surface area contributed by atoms with Gasteiger partial charge in [0.2, 0.25) is 5.91 Å². The molecule has 0 saturated heterocycles. The predicted octanol–water partition coefficient (Wildman–Crippen LogP) is 2.23. The number of aliphatic hydroxyl groups excluding tert-OH is 1. The number of benzene rings is 1. The largest absolute Gasteiger partial charge is 0.389 e. The van der Waals surface area contributed by atoms with Gasteiger partial charge in [0.15, 0.2) is 0 Å². The topological polar surface area (TPSA) is 52.6 Å². The van der Waals surface area contributed by atoms with Crippen LogP contribution in [0.2, 0.25) is 0 Å². The second-order valence-corrected chi connectivity index (χ2v) is 5.09. The van der Waals surface area contributed by atoms with Crippen LogP contribution in [0.3, 0.4) is 0 Å². The molecule has 1 rings (SSSR count). The summed E-state index contributed by atoms with van der Waals surface area (Å²) in [6.07, 6.45) is -0.789. The number of amides is 1. The molecule has 1 unspecified atom stereocenters. The highest BCUT2D eigenvalue weighted by Gasteiger charge is 2.19. The molecule has 0 aliphatic rings. The predicted molar refractivity (Wildman–Crippen MR) is 78.2 cm³/mol. The van der Waals surface area contributed by atoms with Crippen molar-refractivity contribution in [1.29, 1.82) is 0 Å². The van der Waals surface area contributed by atoms with E-state index in [1.165, 1.54) is 6.07 Å². The quantitative estimate of drug-likeness (QED) is 0.841. The number of nitrogens with zero attached hydrogens (tertiary/aromatic N) is 1. The van der Waals surface area contributed by atoms with Gasteiger partial charge in [0.1, 0.15) is 5.82 Å². The Kier molecular flexibility index (Phi) is 5.95. The standard InChI is InChI=1S/C15H23FN2O2/c1-5-18(9-14(20)17-10(2)3)15-12(11(4)19)7-6-8-13(15)16/h6-8,10-11,19H,5,9H2,1-4H3,(H,17,20). The van der Waals surface area contributed by atoms with Crippen LogP contribution in [0, 0.1) is 5.82 Å². The number of aliphatic hydroxyl groups is 1. The van der Waals surface area contributed by atoms with Gasteiger partial charge in [-0.3, -0.25) is 4.79 Å². The van der Waals surface area contributed by atoms with E-state index in [0.29, 0.717) is 17.8 Å². The maximum Gasteiger partial charge on any atom is 0.239 e. The lowest BCUT2D eigenvalue weighted by Gasteiger charge is -2.27. The number of carbonyl (C=O) groups excluding carboxylic acids is 1. The molecule has 0 heterocycles. The molecule has 0 bridgehead atoms. The maximum atomic E-state index is 14.1. The summed E-state index contributed by atoms with van der Waals surface area (Å²) in [5, 5.41) is 12.5. The Hall–Kier alpha value is -1.62. The molecule has 112 valence electrons. The third kappa shape index (κ3) is 4.20. The van der Waals surface area contributed by atoms with Gasteiger partial charge in [-0.05, 0) is 33.8 Å². The molecule has 0 spiro atoms. The summed E-state index contributed by atoms with van der Waals surface area (Å²) in [5.74, 6) is -0.593. The first-order valence-corrected chi connectivity index (χ1v) is 6.87. The van der Waals surface area contributed by atoms with Crippen molar-refractivity contribution >= 4 is 11.6 Å². The molecule has 4 nitrogen and oxygen atoms in total. The molecule has 1 atom stereocenters. The van der Waals surface area contributed by atoms with Crippen LogP contribution < -0.4 is 10.2 Å². The average molecular weight is 282 g/mol. The zero-order valence-electron chi connectivity index (χ0n) is 12.5. The Morgan fingerprint density at radius 1 is 1.40 bits per heavy atom. The summed E-state index contributed by atoms with van der Waals surface area (Å²) in [6, 6.07) is 4.61. The zero-order valence-corrected chi connectivity index (χ0v) is 12.5.